The molecule has 5 heteroatoms. The highest BCUT2D eigenvalue weighted by Gasteiger charge is 2.07. The van der Waals surface area contributed by atoms with Crippen molar-refractivity contribution in [3.63, 3.8) is 0 Å². The highest BCUT2D eigenvalue weighted by molar-refractivity contribution is 7.09. The maximum atomic E-state index is 11.2. The molecule has 0 aliphatic heterocycles. The molecule has 1 unspecified atom stereocenters. The van der Waals surface area contributed by atoms with Crippen LogP contribution in [0.3, 0.4) is 0 Å². The number of nitrogens with one attached hydrogen (secondary N) is 3. The van der Waals surface area contributed by atoms with Crippen LogP contribution in [0.4, 0.5) is 0 Å². The molecule has 2 heterocycles. The molecule has 0 aliphatic carbocycles. The van der Waals surface area contributed by atoms with Crippen molar-refractivity contribution in [3.05, 3.63) is 56.6 Å². The van der Waals surface area contributed by atoms with Crippen LogP contribution in [0.5, 0.6) is 0 Å². The van der Waals surface area contributed by atoms with Crippen molar-refractivity contribution in [3.8, 4) is 0 Å². The molecule has 0 amide bonds. The summed E-state index contributed by atoms with van der Waals surface area (Å²) < 4.78 is 0. The van der Waals surface area contributed by atoms with Crippen molar-refractivity contribution in [1.82, 2.24) is 15.3 Å². The Hall–Kier alpha value is -1.85. The number of aromatic amines is 2. The normalized spacial score (nSPS) is 12.8. The molecule has 0 saturated heterocycles. The zero-order valence-corrected chi connectivity index (χ0v) is 12.1. The van der Waals surface area contributed by atoms with Crippen molar-refractivity contribution in [1.29, 1.82) is 0 Å². The van der Waals surface area contributed by atoms with Crippen LogP contribution >= 0.6 is 11.3 Å². The van der Waals surface area contributed by atoms with E-state index in [1.807, 2.05) is 12.1 Å². The van der Waals surface area contributed by atoms with Gasteiger partial charge in [-0.3, -0.25) is 0 Å². The van der Waals surface area contributed by atoms with Crippen molar-refractivity contribution in [2.24, 2.45) is 0 Å². The molecule has 0 saturated carbocycles. The van der Waals surface area contributed by atoms with Crippen LogP contribution in [0.2, 0.25) is 0 Å². The third-order valence-electron chi connectivity index (χ3n) is 3.44. The first-order chi connectivity index (χ1) is 9.72. The van der Waals surface area contributed by atoms with E-state index in [9.17, 15) is 4.79 Å². The van der Waals surface area contributed by atoms with Crippen LogP contribution in [-0.2, 0) is 6.42 Å². The van der Waals surface area contributed by atoms with Crippen LogP contribution in [0.1, 0.15) is 23.4 Å². The lowest BCUT2D eigenvalue weighted by molar-refractivity contribution is 0.579. The maximum Gasteiger partial charge on any atom is 0.323 e. The van der Waals surface area contributed by atoms with E-state index in [1.54, 1.807) is 11.3 Å². The summed E-state index contributed by atoms with van der Waals surface area (Å²) in [7, 11) is 0. The highest BCUT2D eigenvalue weighted by Crippen LogP contribution is 2.17. The van der Waals surface area contributed by atoms with Crippen LogP contribution < -0.4 is 11.0 Å². The Morgan fingerprint density at radius 1 is 1.25 bits per heavy atom. The number of aromatic nitrogens is 2. The van der Waals surface area contributed by atoms with E-state index in [4.69, 9.17) is 0 Å². The van der Waals surface area contributed by atoms with E-state index in [2.05, 4.69) is 45.8 Å². The quantitative estimate of drug-likeness (QED) is 0.676. The minimum absolute atomic E-state index is 0.157. The molecule has 0 spiro atoms. The smallest absolute Gasteiger partial charge is 0.310 e. The summed E-state index contributed by atoms with van der Waals surface area (Å²) in [6.07, 6.45) is 1.05. The predicted octanol–water partition coefficient (Wildman–Crippen LogP) is 2.81. The average Bonchev–Trinajstić information content (AvgIpc) is 3.05. The number of imidazole rings is 1. The first-order valence-corrected chi connectivity index (χ1v) is 7.58. The largest absolute Gasteiger partial charge is 0.323 e. The SMILES string of the molecule is CC(NCCc1cccs1)c1ccc2[nH]c(=O)[nH]c2c1. The molecular formula is C15H17N3OS. The first kappa shape index (κ1) is 13.1. The Morgan fingerprint density at radius 2 is 2.10 bits per heavy atom. The van der Waals surface area contributed by atoms with Gasteiger partial charge in [0.05, 0.1) is 11.0 Å². The maximum absolute atomic E-state index is 11.2. The second-order valence-electron chi connectivity index (χ2n) is 4.89. The zero-order chi connectivity index (χ0) is 13.9. The molecule has 20 heavy (non-hydrogen) atoms. The standard InChI is InChI=1S/C15H17N3OS/c1-10(16-7-6-12-3-2-8-20-12)11-4-5-13-14(9-11)18-15(19)17-13/h2-5,8-10,16H,6-7H2,1H3,(H2,17,18,19). The summed E-state index contributed by atoms with van der Waals surface area (Å²) in [4.78, 5) is 18.2. The van der Waals surface area contributed by atoms with Gasteiger partial charge in [-0.25, -0.2) is 4.79 Å². The molecule has 2 aromatic heterocycles. The summed E-state index contributed by atoms with van der Waals surface area (Å²) >= 11 is 1.79. The number of benzene rings is 1. The topological polar surface area (TPSA) is 60.7 Å². The van der Waals surface area contributed by atoms with Gasteiger partial charge >= 0.3 is 5.69 Å². The van der Waals surface area contributed by atoms with E-state index in [0.717, 1.165) is 24.0 Å². The lowest BCUT2D eigenvalue weighted by Gasteiger charge is -2.14. The molecule has 3 rings (SSSR count). The second-order valence-corrected chi connectivity index (χ2v) is 5.92. The lowest BCUT2D eigenvalue weighted by Crippen LogP contribution is -2.21. The van der Waals surface area contributed by atoms with Gasteiger partial charge in [-0.1, -0.05) is 12.1 Å². The molecule has 1 aromatic carbocycles. The van der Waals surface area contributed by atoms with Crippen molar-refractivity contribution in [2.45, 2.75) is 19.4 Å². The van der Waals surface area contributed by atoms with Crippen molar-refractivity contribution in [2.75, 3.05) is 6.54 Å². The zero-order valence-electron chi connectivity index (χ0n) is 11.3. The van der Waals surface area contributed by atoms with E-state index in [-0.39, 0.29) is 11.7 Å². The Bertz CT molecular complexity index is 742. The third kappa shape index (κ3) is 2.84. The number of hydrogen-bond acceptors (Lipinski definition) is 3. The van der Waals surface area contributed by atoms with Gasteiger partial charge < -0.3 is 15.3 Å². The molecular weight excluding hydrogens is 270 g/mol. The molecule has 1 atom stereocenters. The van der Waals surface area contributed by atoms with Crippen LogP contribution in [0.25, 0.3) is 11.0 Å². The van der Waals surface area contributed by atoms with Gasteiger partial charge in [0.15, 0.2) is 0 Å². The molecule has 104 valence electrons. The van der Waals surface area contributed by atoms with E-state index in [0.29, 0.717) is 0 Å². The molecule has 3 N–H and O–H groups in total. The Labute approximate surface area is 120 Å². The van der Waals surface area contributed by atoms with Gasteiger partial charge in [0.2, 0.25) is 0 Å². The summed E-state index contributed by atoms with van der Waals surface area (Å²) in [5.41, 5.74) is 2.73. The fourth-order valence-corrected chi connectivity index (χ4v) is 3.01. The van der Waals surface area contributed by atoms with Crippen LogP contribution in [0.15, 0.2) is 40.5 Å². The van der Waals surface area contributed by atoms with Gasteiger partial charge in [0.25, 0.3) is 0 Å². The minimum Gasteiger partial charge on any atom is -0.310 e. The van der Waals surface area contributed by atoms with Crippen molar-refractivity contribution < 1.29 is 0 Å². The molecule has 0 radical (unpaired) electrons. The molecule has 3 aromatic rings. The summed E-state index contributed by atoms with van der Waals surface area (Å²) in [6, 6.07) is 10.5. The predicted molar refractivity (Wildman–Crippen MR) is 83.4 cm³/mol. The number of thiophene rings is 1. The van der Waals surface area contributed by atoms with Crippen LogP contribution in [-0.4, -0.2) is 16.5 Å². The lowest BCUT2D eigenvalue weighted by atomic mass is 10.1. The van der Waals surface area contributed by atoms with Crippen molar-refractivity contribution >= 4 is 22.4 Å². The van der Waals surface area contributed by atoms with E-state index in [1.165, 1.54) is 10.4 Å². The molecule has 0 aliphatic rings. The van der Waals surface area contributed by atoms with Gasteiger partial charge in [-0.15, -0.1) is 11.3 Å². The number of fused-ring (bicyclic) bond motifs is 1. The monoisotopic (exact) mass is 287 g/mol. The van der Waals surface area contributed by atoms with Gasteiger partial charge in [-0.05, 0) is 42.5 Å². The second kappa shape index (κ2) is 5.64. The Balaban J connectivity index is 1.65. The van der Waals surface area contributed by atoms with Crippen LogP contribution in [0, 0.1) is 0 Å². The molecule has 4 nitrogen and oxygen atoms in total. The van der Waals surface area contributed by atoms with Gasteiger partial charge in [-0.2, -0.15) is 0 Å². The average molecular weight is 287 g/mol. The van der Waals surface area contributed by atoms with E-state index >= 15 is 0 Å². The Morgan fingerprint density at radius 3 is 2.90 bits per heavy atom. The third-order valence-corrected chi connectivity index (χ3v) is 4.38. The number of rotatable bonds is 5. The van der Waals surface area contributed by atoms with E-state index < -0.39 is 0 Å². The minimum atomic E-state index is -0.157. The summed E-state index contributed by atoms with van der Waals surface area (Å²) in [5.74, 6) is 0. The highest BCUT2D eigenvalue weighted by atomic mass is 32.1. The van der Waals surface area contributed by atoms with Gasteiger partial charge in [0.1, 0.15) is 0 Å². The first-order valence-electron chi connectivity index (χ1n) is 6.70. The summed E-state index contributed by atoms with van der Waals surface area (Å²) in [5, 5.41) is 5.62. The Kier molecular flexibility index (Phi) is 3.71. The summed E-state index contributed by atoms with van der Waals surface area (Å²) in [6.45, 7) is 3.09. The number of hydrogen-bond donors (Lipinski definition) is 3. The van der Waals surface area contributed by atoms with Gasteiger partial charge in [0, 0.05) is 17.5 Å². The molecule has 0 bridgehead atoms. The fraction of sp³-hybridized carbons (Fsp3) is 0.267. The molecule has 0 fully saturated rings. The number of H-pyrrole nitrogens is 2. The fourth-order valence-electron chi connectivity index (χ4n) is 2.30.